The molecule has 1 atom stereocenters. The third kappa shape index (κ3) is 3.54. The van der Waals surface area contributed by atoms with Crippen LogP contribution in [0.3, 0.4) is 0 Å². The lowest BCUT2D eigenvalue weighted by atomic mass is 10.3. The monoisotopic (exact) mass is 201 g/mol. The van der Waals surface area contributed by atoms with E-state index in [0.717, 1.165) is 4.88 Å². The molecule has 72 valence electrons. The molecule has 0 amide bonds. The molecule has 0 spiro atoms. The lowest BCUT2D eigenvalue weighted by Gasteiger charge is -2.07. The second kappa shape index (κ2) is 4.96. The van der Waals surface area contributed by atoms with Crippen molar-refractivity contribution >= 4 is 17.3 Å². The first kappa shape index (κ1) is 10.2. The van der Waals surface area contributed by atoms with Crippen LogP contribution in [0, 0.1) is 0 Å². The van der Waals surface area contributed by atoms with Crippen molar-refractivity contribution in [2.75, 3.05) is 13.1 Å². The average molecular weight is 201 g/mol. The van der Waals surface area contributed by atoms with Gasteiger partial charge in [0.05, 0.1) is 6.54 Å². The Balaban J connectivity index is 2.26. The largest absolute Gasteiger partial charge is 0.480 e. The van der Waals surface area contributed by atoms with Crippen molar-refractivity contribution in [3.8, 4) is 0 Å². The predicted molar refractivity (Wildman–Crippen MR) is 49.8 cm³/mol. The lowest BCUT2D eigenvalue weighted by molar-refractivity contribution is -0.136. The lowest BCUT2D eigenvalue weighted by Crippen LogP contribution is -2.26. The fraction of sp³-hybridized carbons (Fsp3) is 0.375. The minimum absolute atomic E-state index is 0.123. The number of carboxylic acids is 1. The van der Waals surface area contributed by atoms with Gasteiger partial charge in [0.2, 0.25) is 0 Å². The third-order valence-electron chi connectivity index (χ3n) is 1.49. The van der Waals surface area contributed by atoms with Crippen LogP contribution < -0.4 is 5.32 Å². The van der Waals surface area contributed by atoms with Gasteiger partial charge in [-0.3, -0.25) is 4.79 Å². The van der Waals surface area contributed by atoms with E-state index in [2.05, 4.69) is 5.32 Å². The maximum Gasteiger partial charge on any atom is 0.317 e. The van der Waals surface area contributed by atoms with Crippen LogP contribution in [0.15, 0.2) is 17.5 Å². The van der Waals surface area contributed by atoms with Crippen molar-refractivity contribution in [1.82, 2.24) is 5.32 Å². The summed E-state index contributed by atoms with van der Waals surface area (Å²) in [4.78, 5) is 11.0. The van der Waals surface area contributed by atoms with Gasteiger partial charge in [0, 0.05) is 11.4 Å². The maximum absolute atomic E-state index is 10.1. The minimum Gasteiger partial charge on any atom is -0.480 e. The van der Waals surface area contributed by atoms with Gasteiger partial charge in [0.15, 0.2) is 0 Å². The van der Waals surface area contributed by atoms with Gasteiger partial charge in [0.25, 0.3) is 0 Å². The Morgan fingerprint density at radius 3 is 3.00 bits per heavy atom. The summed E-state index contributed by atoms with van der Waals surface area (Å²) < 4.78 is 0. The molecule has 0 bridgehead atoms. The molecule has 5 heteroatoms. The van der Waals surface area contributed by atoms with E-state index in [9.17, 15) is 9.90 Å². The number of aliphatic hydroxyl groups is 1. The Morgan fingerprint density at radius 2 is 2.46 bits per heavy atom. The molecule has 13 heavy (non-hydrogen) atoms. The number of aliphatic hydroxyl groups excluding tert-OH is 1. The maximum atomic E-state index is 10.1. The topological polar surface area (TPSA) is 69.6 Å². The average Bonchev–Trinajstić information content (AvgIpc) is 2.55. The van der Waals surface area contributed by atoms with Crippen LogP contribution in [0.5, 0.6) is 0 Å². The summed E-state index contributed by atoms with van der Waals surface area (Å²) in [7, 11) is 0. The SMILES string of the molecule is O=C(O)CNCC(O)c1cccs1. The molecule has 0 aliphatic carbocycles. The molecule has 1 rings (SSSR count). The predicted octanol–water partition coefficient (Wildman–Crippen LogP) is 0.456. The van der Waals surface area contributed by atoms with Crippen molar-refractivity contribution < 1.29 is 15.0 Å². The first-order valence-corrected chi connectivity index (χ1v) is 4.72. The van der Waals surface area contributed by atoms with Crippen LogP contribution in [0.4, 0.5) is 0 Å². The molecule has 0 fully saturated rings. The highest BCUT2D eigenvalue weighted by Gasteiger charge is 2.07. The zero-order chi connectivity index (χ0) is 9.68. The van der Waals surface area contributed by atoms with E-state index in [1.165, 1.54) is 11.3 Å². The Hall–Kier alpha value is -0.910. The zero-order valence-corrected chi connectivity index (χ0v) is 7.75. The van der Waals surface area contributed by atoms with Crippen LogP contribution in [-0.2, 0) is 4.79 Å². The molecule has 1 aromatic rings. The van der Waals surface area contributed by atoms with Crippen molar-refractivity contribution in [3.63, 3.8) is 0 Å². The summed E-state index contributed by atoms with van der Waals surface area (Å²) in [6, 6.07) is 3.66. The fourth-order valence-corrected chi connectivity index (χ4v) is 1.61. The van der Waals surface area contributed by atoms with E-state index in [-0.39, 0.29) is 13.1 Å². The zero-order valence-electron chi connectivity index (χ0n) is 6.93. The number of thiophene rings is 1. The van der Waals surface area contributed by atoms with Gasteiger partial charge in [-0.1, -0.05) is 6.07 Å². The molecule has 3 N–H and O–H groups in total. The second-order valence-electron chi connectivity index (χ2n) is 2.56. The van der Waals surface area contributed by atoms with Crippen LogP contribution in [0.25, 0.3) is 0 Å². The van der Waals surface area contributed by atoms with Gasteiger partial charge >= 0.3 is 5.97 Å². The van der Waals surface area contributed by atoms with Gasteiger partial charge in [0.1, 0.15) is 6.10 Å². The van der Waals surface area contributed by atoms with E-state index >= 15 is 0 Å². The van der Waals surface area contributed by atoms with E-state index in [1.807, 2.05) is 17.5 Å². The summed E-state index contributed by atoms with van der Waals surface area (Å²) in [6.07, 6.45) is -0.612. The van der Waals surface area contributed by atoms with E-state index in [0.29, 0.717) is 0 Å². The molecule has 0 aliphatic heterocycles. The fourth-order valence-electron chi connectivity index (χ4n) is 0.897. The third-order valence-corrected chi connectivity index (χ3v) is 2.46. The molecule has 1 heterocycles. The molecule has 0 aromatic carbocycles. The first-order valence-electron chi connectivity index (χ1n) is 3.84. The van der Waals surface area contributed by atoms with Crippen molar-refractivity contribution in [2.45, 2.75) is 6.10 Å². The summed E-state index contributed by atoms with van der Waals surface area (Å²) in [6.45, 7) is 0.148. The van der Waals surface area contributed by atoms with Crippen molar-refractivity contribution in [1.29, 1.82) is 0 Å². The highest BCUT2D eigenvalue weighted by Crippen LogP contribution is 2.17. The van der Waals surface area contributed by atoms with Crippen LogP contribution in [0.2, 0.25) is 0 Å². The Kier molecular flexibility index (Phi) is 3.88. The summed E-state index contributed by atoms with van der Waals surface area (Å²) in [5, 5.41) is 22.3. The van der Waals surface area contributed by atoms with E-state index in [4.69, 9.17) is 5.11 Å². The summed E-state index contributed by atoms with van der Waals surface area (Å²) >= 11 is 1.45. The highest BCUT2D eigenvalue weighted by molar-refractivity contribution is 7.10. The summed E-state index contributed by atoms with van der Waals surface area (Å²) in [5.74, 6) is -0.918. The summed E-state index contributed by atoms with van der Waals surface area (Å²) in [5.41, 5.74) is 0. The minimum atomic E-state index is -0.918. The molecular weight excluding hydrogens is 190 g/mol. The van der Waals surface area contributed by atoms with Crippen molar-refractivity contribution in [3.05, 3.63) is 22.4 Å². The van der Waals surface area contributed by atoms with E-state index < -0.39 is 12.1 Å². The number of carbonyl (C=O) groups is 1. The molecule has 0 aliphatic rings. The number of aliphatic carboxylic acids is 1. The first-order chi connectivity index (χ1) is 6.20. The standard InChI is InChI=1S/C8H11NO3S/c10-6(4-9-5-8(11)12)7-2-1-3-13-7/h1-3,6,9-10H,4-5H2,(H,11,12). The van der Waals surface area contributed by atoms with Gasteiger partial charge in [-0.15, -0.1) is 11.3 Å². The van der Waals surface area contributed by atoms with Gasteiger partial charge in [-0.2, -0.15) is 0 Å². The number of hydrogen-bond donors (Lipinski definition) is 3. The number of nitrogens with one attached hydrogen (secondary N) is 1. The van der Waals surface area contributed by atoms with Crippen LogP contribution in [-0.4, -0.2) is 29.3 Å². The Morgan fingerprint density at radius 1 is 1.69 bits per heavy atom. The number of rotatable bonds is 5. The molecule has 0 radical (unpaired) electrons. The molecule has 1 aromatic heterocycles. The molecule has 0 saturated carbocycles. The quantitative estimate of drug-likeness (QED) is 0.647. The normalized spacial score (nSPS) is 12.7. The molecular formula is C8H11NO3S. The number of hydrogen-bond acceptors (Lipinski definition) is 4. The second-order valence-corrected chi connectivity index (χ2v) is 3.54. The van der Waals surface area contributed by atoms with E-state index in [1.54, 1.807) is 0 Å². The smallest absolute Gasteiger partial charge is 0.317 e. The molecule has 4 nitrogen and oxygen atoms in total. The van der Waals surface area contributed by atoms with Crippen LogP contribution >= 0.6 is 11.3 Å². The van der Waals surface area contributed by atoms with Gasteiger partial charge < -0.3 is 15.5 Å². The Labute approximate surface area is 79.8 Å². The molecule has 0 saturated heterocycles. The number of carboxylic acid groups (broad SMARTS) is 1. The Bertz CT molecular complexity index is 260. The van der Waals surface area contributed by atoms with Gasteiger partial charge in [-0.25, -0.2) is 0 Å². The van der Waals surface area contributed by atoms with Gasteiger partial charge in [-0.05, 0) is 11.4 Å². The molecule has 1 unspecified atom stereocenters. The van der Waals surface area contributed by atoms with Crippen LogP contribution in [0.1, 0.15) is 11.0 Å². The van der Waals surface area contributed by atoms with Crippen molar-refractivity contribution in [2.24, 2.45) is 0 Å². The highest BCUT2D eigenvalue weighted by atomic mass is 32.1.